The first-order valence-electron chi connectivity index (χ1n) is 7.79. The highest BCUT2D eigenvalue weighted by molar-refractivity contribution is 6.03. The van der Waals surface area contributed by atoms with Crippen molar-refractivity contribution < 1.29 is 9.18 Å². The summed E-state index contributed by atoms with van der Waals surface area (Å²) in [5.41, 5.74) is 3.01. The molecule has 5 nitrogen and oxygen atoms in total. The highest BCUT2D eigenvalue weighted by atomic mass is 19.1. The number of amides is 1. The monoisotopic (exact) mass is 336 g/mol. The number of aromatic nitrogens is 2. The second kappa shape index (κ2) is 7.53. The molecule has 1 amide bonds. The quantitative estimate of drug-likeness (QED) is 0.744. The lowest BCUT2D eigenvalue weighted by molar-refractivity contribution is 0.102. The predicted octanol–water partition coefficient (Wildman–Crippen LogP) is 3.79. The van der Waals surface area contributed by atoms with Crippen LogP contribution in [-0.2, 0) is 6.54 Å². The van der Waals surface area contributed by atoms with E-state index in [-0.39, 0.29) is 0 Å². The summed E-state index contributed by atoms with van der Waals surface area (Å²) < 4.78 is 13.1. The molecule has 0 aliphatic carbocycles. The van der Waals surface area contributed by atoms with Gasteiger partial charge in [0.05, 0.1) is 5.56 Å². The number of hydrogen-bond acceptors (Lipinski definition) is 4. The normalized spacial score (nSPS) is 10.3. The molecule has 0 aliphatic rings. The number of benzene rings is 2. The fourth-order valence-corrected chi connectivity index (χ4v) is 2.29. The van der Waals surface area contributed by atoms with Crippen LogP contribution in [0.15, 0.2) is 60.9 Å². The number of aryl methyl sites for hydroxylation is 1. The van der Waals surface area contributed by atoms with Crippen molar-refractivity contribution in [1.82, 2.24) is 9.97 Å². The zero-order valence-electron chi connectivity index (χ0n) is 13.7. The highest BCUT2D eigenvalue weighted by Gasteiger charge is 2.08. The van der Waals surface area contributed by atoms with E-state index in [1.165, 1.54) is 36.2 Å². The maximum Gasteiger partial charge on any atom is 0.258 e. The van der Waals surface area contributed by atoms with E-state index in [1.54, 1.807) is 6.07 Å². The van der Waals surface area contributed by atoms with Crippen LogP contribution in [0, 0.1) is 12.7 Å². The van der Waals surface area contributed by atoms with Crippen molar-refractivity contribution in [3.63, 3.8) is 0 Å². The molecule has 1 aromatic heterocycles. The molecule has 0 bridgehead atoms. The molecule has 2 N–H and O–H groups in total. The molecule has 0 unspecified atom stereocenters. The Balaban J connectivity index is 1.61. The lowest BCUT2D eigenvalue weighted by Gasteiger charge is -2.08. The number of nitrogens with zero attached hydrogens (tertiary/aromatic N) is 2. The smallest absolute Gasteiger partial charge is 0.258 e. The van der Waals surface area contributed by atoms with Crippen molar-refractivity contribution in [2.75, 3.05) is 10.6 Å². The number of rotatable bonds is 5. The Morgan fingerprint density at radius 3 is 2.56 bits per heavy atom. The Kier molecular flexibility index (Phi) is 4.99. The number of hydrogen-bond donors (Lipinski definition) is 2. The zero-order chi connectivity index (χ0) is 17.6. The van der Waals surface area contributed by atoms with Crippen LogP contribution in [0.2, 0.25) is 0 Å². The van der Waals surface area contributed by atoms with E-state index in [4.69, 9.17) is 0 Å². The lowest BCUT2D eigenvalue weighted by atomic mass is 10.1. The van der Waals surface area contributed by atoms with Gasteiger partial charge < -0.3 is 10.6 Å². The maximum atomic E-state index is 13.1. The third kappa shape index (κ3) is 4.38. The Hall–Kier alpha value is -3.28. The molecule has 1 heterocycles. The van der Waals surface area contributed by atoms with Crippen molar-refractivity contribution in [2.45, 2.75) is 13.5 Å². The summed E-state index contributed by atoms with van der Waals surface area (Å²) in [7, 11) is 0. The number of nitrogens with one attached hydrogen (secondary N) is 2. The van der Waals surface area contributed by atoms with E-state index in [9.17, 15) is 9.18 Å². The molecule has 126 valence electrons. The summed E-state index contributed by atoms with van der Waals surface area (Å²) in [6.07, 6.45) is 2.86. The highest BCUT2D eigenvalue weighted by Crippen LogP contribution is 2.12. The van der Waals surface area contributed by atoms with Gasteiger partial charge in [0.15, 0.2) is 0 Å². The first-order valence-corrected chi connectivity index (χ1v) is 7.79. The average Bonchev–Trinajstić information content (AvgIpc) is 2.61. The summed E-state index contributed by atoms with van der Waals surface area (Å²) in [5, 5.41) is 5.73. The third-order valence-corrected chi connectivity index (χ3v) is 3.69. The maximum absolute atomic E-state index is 13.1. The molecule has 3 aromatic rings. The Labute approximate surface area is 145 Å². The molecule has 0 saturated carbocycles. The molecule has 0 radical (unpaired) electrons. The Morgan fingerprint density at radius 2 is 1.84 bits per heavy atom. The summed E-state index contributed by atoms with van der Waals surface area (Å²) in [5.74, 6) is -0.369. The minimum absolute atomic E-state index is 0.297. The van der Waals surface area contributed by atoms with Crippen LogP contribution in [0.25, 0.3) is 0 Å². The zero-order valence-corrected chi connectivity index (χ0v) is 13.7. The summed E-state index contributed by atoms with van der Waals surface area (Å²) in [4.78, 5) is 20.4. The van der Waals surface area contributed by atoms with Crippen LogP contribution in [0.5, 0.6) is 0 Å². The lowest BCUT2D eigenvalue weighted by Crippen LogP contribution is -2.13. The van der Waals surface area contributed by atoms with Gasteiger partial charge >= 0.3 is 0 Å². The molecule has 2 aromatic carbocycles. The average molecular weight is 336 g/mol. The van der Waals surface area contributed by atoms with Crippen molar-refractivity contribution in [1.29, 1.82) is 0 Å². The van der Waals surface area contributed by atoms with Crippen molar-refractivity contribution in [3.05, 3.63) is 83.4 Å². The van der Waals surface area contributed by atoms with E-state index in [0.717, 1.165) is 5.56 Å². The molecule has 0 fully saturated rings. The van der Waals surface area contributed by atoms with Crippen molar-refractivity contribution >= 4 is 17.5 Å². The van der Waals surface area contributed by atoms with E-state index in [2.05, 4.69) is 20.6 Å². The van der Waals surface area contributed by atoms with Crippen molar-refractivity contribution in [3.8, 4) is 0 Å². The van der Waals surface area contributed by atoms with Crippen LogP contribution in [-0.4, -0.2) is 15.9 Å². The van der Waals surface area contributed by atoms with E-state index in [1.807, 2.05) is 31.2 Å². The summed E-state index contributed by atoms with van der Waals surface area (Å²) >= 11 is 0. The van der Waals surface area contributed by atoms with Gasteiger partial charge in [-0.05, 0) is 36.2 Å². The van der Waals surface area contributed by atoms with Gasteiger partial charge in [-0.3, -0.25) is 4.79 Å². The SMILES string of the molecule is Cc1ccccc1CNc1ncc(C(=O)Nc2cccc(F)c2)cn1. The van der Waals surface area contributed by atoms with Gasteiger partial charge in [0.2, 0.25) is 5.95 Å². The second-order valence-corrected chi connectivity index (χ2v) is 5.54. The van der Waals surface area contributed by atoms with E-state index < -0.39 is 11.7 Å². The molecule has 25 heavy (non-hydrogen) atoms. The first kappa shape index (κ1) is 16.6. The molecule has 0 saturated heterocycles. The number of anilines is 2. The Bertz CT molecular complexity index is 881. The standard InChI is InChI=1S/C19H17FN4O/c1-13-5-2-3-6-14(13)10-21-19-22-11-15(12-23-19)18(25)24-17-8-4-7-16(20)9-17/h2-9,11-12H,10H2,1H3,(H,24,25)(H,21,22,23). The van der Waals surface area contributed by atoms with Gasteiger partial charge in [-0.15, -0.1) is 0 Å². The fourth-order valence-electron chi connectivity index (χ4n) is 2.29. The van der Waals surface area contributed by atoms with Crippen LogP contribution in [0.4, 0.5) is 16.0 Å². The number of carbonyl (C=O) groups is 1. The summed E-state index contributed by atoms with van der Waals surface area (Å²) in [6, 6.07) is 13.7. The van der Waals surface area contributed by atoms with Gasteiger partial charge in [0.1, 0.15) is 5.82 Å². The van der Waals surface area contributed by atoms with Crippen LogP contribution in [0.3, 0.4) is 0 Å². The molecular weight excluding hydrogens is 319 g/mol. The van der Waals surface area contributed by atoms with E-state index in [0.29, 0.717) is 23.7 Å². The second-order valence-electron chi connectivity index (χ2n) is 5.54. The minimum Gasteiger partial charge on any atom is -0.350 e. The number of carbonyl (C=O) groups excluding carboxylic acids is 1. The van der Waals surface area contributed by atoms with E-state index >= 15 is 0 Å². The van der Waals surface area contributed by atoms with Gasteiger partial charge in [0, 0.05) is 24.6 Å². The number of halogens is 1. The largest absolute Gasteiger partial charge is 0.350 e. The van der Waals surface area contributed by atoms with Gasteiger partial charge in [-0.25, -0.2) is 14.4 Å². The van der Waals surface area contributed by atoms with Gasteiger partial charge in [-0.2, -0.15) is 0 Å². The minimum atomic E-state index is -0.412. The Morgan fingerprint density at radius 1 is 1.08 bits per heavy atom. The van der Waals surface area contributed by atoms with Crippen LogP contribution >= 0.6 is 0 Å². The first-order chi connectivity index (χ1) is 12.1. The van der Waals surface area contributed by atoms with Crippen molar-refractivity contribution in [2.24, 2.45) is 0 Å². The summed E-state index contributed by atoms with van der Waals surface area (Å²) in [6.45, 7) is 2.64. The fraction of sp³-hybridized carbons (Fsp3) is 0.105. The molecule has 3 rings (SSSR count). The molecule has 0 aliphatic heterocycles. The third-order valence-electron chi connectivity index (χ3n) is 3.69. The topological polar surface area (TPSA) is 66.9 Å². The van der Waals surface area contributed by atoms with Crippen LogP contribution < -0.4 is 10.6 Å². The predicted molar refractivity (Wildman–Crippen MR) is 94.9 cm³/mol. The van der Waals surface area contributed by atoms with Gasteiger partial charge in [0.25, 0.3) is 5.91 Å². The molecule has 0 spiro atoms. The van der Waals surface area contributed by atoms with Crippen LogP contribution in [0.1, 0.15) is 21.5 Å². The molecule has 6 heteroatoms. The van der Waals surface area contributed by atoms with Gasteiger partial charge in [-0.1, -0.05) is 30.3 Å². The molecular formula is C19H17FN4O. The molecule has 0 atom stereocenters.